The Hall–Kier alpha value is -4.13. The minimum absolute atomic E-state index is 0.144. The van der Waals surface area contributed by atoms with Gasteiger partial charge in [-0.1, -0.05) is 18.7 Å². The van der Waals surface area contributed by atoms with Crippen molar-refractivity contribution in [2.24, 2.45) is 0 Å². The number of hydrogen-bond donors (Lipinski definition) is 2. The van der Waals surface area contributed by atoms with Crippen LogP contribution in [0.5, 0.6) is 11.5 Å². The molecule has 0 aliphatic rings. The summed E-state index contributed by atoms with van der Waals surface area (Å²) in [5, 5.41) is 5.37. The highest BCUT2D eigenvalue weighted by atomic mass is 16.5. The van der Waals surface area contributed by atoms with E-state index in [4.69, 9.17) is 9.47 Å². The number of nitrogens with one attached hydrogen (secondary N) is 2. The Morgan fingerprint density at radius 1 is 0.897 bits per heavy atom. The van der Waals surface area contributed by atoms with E-state index in [-0.39, 0.29) is 12.5 Å². The Morgan fingerprint density at radius 3 is 2.07 bits per heavy atom. The van der Waals surface area contributed by atoms with Crippen molar-refractivity contribution in [2.45, 2.75) is 0 Å². The first-order chi connectivity index (χ1) is 14.1. The maximum Gasteiger partial charge on any atom is 0.411 e. The Balaban J connectivity index is 1.55. The molecule has 146 valence electrons. The van der Waals surface area contributed by atoms with Gasteiger partial charge in [0.15, 0.2) is 0 Å². The summed E-state index contributed by atoms with van der Waals surface area (Å²) in [6.45, 7) is 3.62. The zero-order chi connectivity index (χ0) is 20.5. The van der Waals surface area contributed by atoms with Crippen molar-refractivity contribution >= 4 is 23.4 Å². The third-order valence-electron chi connectivity index (χ3n) is 3.68. The lowest BCUT2D eigenvalue weighted by Crippen LogP contribution is -2.13. The standard InChI is InChI=1S/C22H19N3O4/c1-2-15-28-22(27)25-17-8-12-19(13-9-17)29-18-10-6-16(7-11-18)24-21(26)20-5-3-4-14-23-20/h2-14H,1,15H2,(H,24,26)(H,25,27). The molecule has 0 aliphatic heterocycles. The van der Waals surface area contributed by atoms with Crippen LogP contribution in [-0.2, 0) is 4.74 Å². The zero-order valence-electron chi connectivity index (χ0n) is 15.5. The molecule has 0 bridgehead atoms. The van der Waals surface area contributed by atoms with Crippen molar-refractivity contribution in [2.75, 3.05) is 17.2 Å². The van der Waals surface area contributed by atoms with E-state index in [2.05, 4.69) is 22.2 Å². The van der Waals surface area contributed by atoms with Crippen molar-refractivity contribution in [1.29, 1.82) is 0 Å². The zero-order valence-corrected chi connectivity index (χ0v) is 15.5. The molecule has 2 N–H and O–H groups in total. The van der Waals surface area contributed by atoms with Gasteiger partial charge in [-0.15, -0.1) is 0 Å². The number of aromatic nitrogens is 1. The molecule has 3 rings (SSSR count). The van der Waals surface area contributed by atoms with Crippen molar-refractivity contribution in [3.8, 4) is 11.5 Å². The van der Waals surface area contributed by atoms with Crippen molar-refractivity contribution in [3.63, 3.8) is 0 Å². The summed E-state index contributed by atoms with van der Waals surface area (Å²) >= 11 is 0. The summed E-state index contributed by atoms with van der Waals surface area (Å²) in [6.07, 6.45) is 2.50. The van der Waals surface area contributed by atoms with Gasteiger partial charge in [0, 0.05) is 17.6 Å². The molecule has 0 saturated heterocycles. The SMILES string of the molecule is C=CCOC(=O)Nc1ccc(Oc2ccc(NC(=O)c3ccccn3)cc2)cc1. The van der Waals surface area contributed by atoms with E-state index in [9.17, 15) is 9.59 Å². The molecule has 0 fully saturated rings. The molecule has 7 nitrogen and oxygen atoms in total. The molecule has 2 amide bonds. The monoisotopic (exact) mass is 389 g/mol. The van der Waals surface area contributed by atoms with Gasteiger partial charge in [-0.2, -0.15) is 0 Å². The smallest absolute Gasteiger partial charge is 0.411 e. The number of ether oxygens (including phenoxy) is 2. The molecular formula is C22H19N3O4. The highest BCUT2D eigenvalue weighted by molar-refractivity contribution is 6.02. The normalized spacial score (nSPS) is 9.93. The van der Waals surface area contributed by atoms with Crippen molar-refractivity contribution in [1.82, 2.24) is 4.98 Å². The van der Waals surface area contributed by atoms with Crippen LogP contribution in [0.2, 0.25) is 0 Å². The molecule has 0 radical (unpaired) electrons. The number of rotatable bonds is 7. The molecule has 0 saturated carbocycles. The van der Waals surface area contributed by atoms with E-state index in [1.165, 1.54) is 6.08 Å². The Labute approximate surface area is 168 Å². The molecule has 2 aromatic carbocycles. The molecule has 0 spiro atoms. The van der Waals surface area contributed by atoms with E-state index in [1.54, 1.807) is 72.9 Å². The highest BCUT2D eigenvalue weighted by Gasteiger charge is 2.07. The van der Waals surface area contributed by atoms with E-state index in [0.717, 1.165) is 0 Å². The lowest BCUT2D eigenvalue weighted by molar-refractivity contribution is 0.102. The fourth-order valence-electron chi connectivity index (χ4n) is 2.33. The summed E-state index contributed by atoms with van der Waals surface area (Å²) < 4.78 is 10.6. The third-order valence-corrected chi connectivity index (χ3v) is 3.68. The Kier molecular flexibility index (Phi) is 6.57. The van der Waals surface area contributed by atoms with Crippen molar-refractivity contribution < 1.29 is 19.1 Å². The summed E-state index contributed by atoms with van der Waals surface area (Å²) in [4.78, 5) is 27.6. The summed E-state index contributed by atoms with van der Waals surface area (Å²) in [5.74, 6) is 0.918. The molecule has 7 heteroatoms. The Morgan fingerprint density at radius 2 is 1.52 bits per heavy atom. The van der Waals surface area contributed by atoms with Gasteiger partial charge in [0.2, 0.25) is 0 Å². The van der Waals surface area contributed by atoms with Crippen LogP contribution in [0.25, 0.3) is 0 Å². The lowest BCUT2D eigenvalue weighted by atomic mass is 10.2. The number of pyridine rings is 1. The van der Waals surface area contributed by atoms with E-state index < -0.39 is 6.09 Å². The molecule has 29 heavy (non-hydrogen) atoms. The van der Waals surface area contributed by atoms with Gasteiger partial charge in [0.1, 0.15) is 23.8 Å². The van der Waals surface area contributed by atoms with E-state index in [0.29, 0.717) is 28.6 Å². The maximum atomic E-state index is 12.1. The number of carbonyl (C=O) groups is 2. The van der Waals surface area contributed by atoms with E-state index >= 15 is 0 Å². The predicted molar refractivity (Wildman–Crippen MR) is 110 cm³/mol. The van der Waals surface area contributed by atoms with Crippen LogP contribution in [0, 0.1) is 0 Å². The number of amides is 2. The molecule has 3 aromatic rings. The first kappa shape index (κ1) is 19.6. The van der Waals surface area contributed by atoms with Crippen LogP contribution in [0.3, 0.4) is 0 Å². The van der Waals surface area contributed by atoms with E-state index in [1.807, 2.05) is 0 Å². The molecule has 0 atom stereocenters. The Bertz CT molecular complexity index is 971. The third kappa shape index (κ3) is 5.93. The molecule has 1 aromatic heterocycles. The highest BCUT2D eigenvalue weighted by Crippen LogP contribution is 2.24. The fourth-order valence-corrected chi connectivity index (χ4v) is 2.33. The minimum Gasteiger partial charge on any atom is -0.457 e. The van der Waals surface area contributed by atoms with Crippen LogP contribution in [0.1, 0.15) is 10.5 Å². The van der Waals surface area contributed by atoms with Gasteiger partial charge in [-0.05, 0) is 60.7 Å². The fraction of sp³-hybridized carbons (Fsp3) is 0.0455. The largest absolute Gasteiger partial charge is 0.457 e. The predicted octanol–water partition coefficient (Wildman–Crippen LogP) is 4.86. The second-order valence-corrected chi connectivity index (χ2v) is 5.83. The van der Waals surface area contributed by atoms with Crippen LogP contribution in [0.4, 0.5) is 16.2 Å². The van der Waals surface area contributed by atoms with Gasteiger partial charge < -0.3 is 14.8 Å². The first-order valence-corrected chi connectivity index (χ1v) is 8.79. The lowest BCUT2D eigenvalue weighted by Gasteiger charge is -2.09. The topological polar surface area (TPSA) is 89.5 Å². The van der Waals surface area contributed by atoms with Gasteiger partial charge in [-0.25, -0.2) is 4.79 Å². The number of carbonyl (C=O) groups excluding carboxylic acids is 2. The molecule has 0 aliphatic carbocycles. The van der Waals surface area contributed by atoms with Gasteiger partial charge in [0.05, 0.1) is 0 Å². The summed E-state index contributed by atoms with van der Waals surface area (Å²) in [6, 6.07) is 19.0. The number of hydrogen-bond acceptors (Lipinski definition) is 5. The summed E-state index contributed by atoms with van der Waals surface area (Å²) in [5.41, 5.74) is 1.56. The number of anilines is 2. The average Bonchev–Trinajstić information content (AvgIpc) is 2.75. The molecule has 0 unspecified atom stereocenters. The van der Waals surface area contributed by atoms with Gasteiger partial charge >= 0.3 is 6.09 Å². The second kappa shape index (κ2) is 9.70. The number of nitrogens with zero attached hydrogens (tertiary/aromatic N) is 1. The second-order valence-electron chi connectivity index (χ2n) is 5.83. The summed E-state index contributed by atoms with van der Waals surface area (Å²) in [7, 11) is 0. The van der Waals surface area contributed by atoms with Crippen LogP contribution >= 0.6 is 0 Å². The quantitative estimate of drug-likeness (QED) is 0.563. The first-order valence-electron chi connectivity index (χ1n) is 8.79. The number of benzene rings is 2. The van der Waals surface area contributed by atoms with Gasteiger partial charge in [0.25, 0.3) is 5.91 Å². The molecular weight excluding hydrogens is 370 g/mol. The molecule has 1 heterocycles. The van der Waals surface area contributed by atoms with Gasteiger partial charge in [-0.3, -0.25) is 15.1 Å². The van der Waals surface area contributed by atoms with Crippen LogP contribution in [0.15, 0.2) is 85.6 Å². The average molecular weight is 389 g/mol. The van der Waals surface area contributed by atoms with Crippen LogP contribution < -0.4 is 15.4 Å². The minimum atomic E-state index is -0.554. The maximum absolute atomic E-state index is 12.1. The van der Waals surface area contributed by atoms with Crippen LogP contribution in [-0.4, -0.2) is 23.6 Å². The van der Waals surface area contributed by atoms with Crippen molar-refractivity contribution in [3.05, 3.63) is 91.3 Å².